The molecule has 0 rings (SSSR count). The van der Waals surface area contributed by atoms with E-state index in [0.717, 1.165) is 25.7 Å². The summed E-state index contributed by atoms with van der Waals surface area (Å²) < 4.78 is 0. The van der Waals surface area contributed by atoms with Crippen LogP contribution in [0.5, 0.6) is 0 Å². The zero-order valence-corrected chi connectivity index (χ0v) is 17.8. The van der Waals surface area contributed by atoms with E-state index < -0.39 is 0 Å². The fourth-order valence-corrected chi connectivity index (χ4v) is 3.28. The van der Waals surface area contributed by atoms with Crippen LogP contribution in [-0.4, -0.2) is 11.2 Å². The van der Waals surface area contributed by atoms with Crippen molar-refractivity contribution in [3.8, 4) is 0 Å². The molecule has 0 aromatic carbocycles. The molecular weight excluding hydrogens is 304 g/mol. The highest BCUT2D eigenvalue weighted by Crippen LogP contribution is 2.14. The number of aliphatic hydroxyl groups excluding tert-OH is 1. The Kier molecular flexibility index (Phi) is 17.8. The van der Waals surface area contributed by atoms with Gasteiger partial charge in [0.25, 0.3) is 0 Å². The van der Waals surface area contributed by atoms with Gasteiger partial charge in [0, 0.05) is 0 Å². The summed E-state index contributed by atoms with van der Waals surface area (Å²) in [6.45, 7) is 8.70. The molecule has 1 N–H and O–H groups in total. The molecule has 1 unspecified atom stereocenters. The average Bonchev–Trinajstić information content (AvgIpc) is 2.55. The molecular formula is C24H46O. The van der Waals surface area contributed by atoms with Crippen molar-refractivity contribution in [1.29, 1.82) is 0 Å². The molecule has 0 saturated carbocycles. The quantitative estimate of drug-likeness (QED) is 0.207. The Balaban J connectivity index is 3.42. The third-order valence-corrected chi connectivity index (χ3v) is 4.92. The van der Waals surface area contributed by atoms with Gasteiger partial charge in [-0.25, -0.2) is 0 Å². The summed E-state index contributed by atoms with van der Waals surface area (Å²) in [6.07, 6.45) is 23.7. The van der Waals surface area contributed by atoms with Crippen molar-refractivity contribution < 1.29 is 5.11 Å². The molecule has 0 aromatic heterocycles. The zero-order valence-electron chi connectivity index (χ0n) is 17.8. The van der Waals surface area contributed by atoms with Gasteiger partial charge in [-0.1, -0.05) is 107 Å². The van der Waals surface area contributed by atoms with Crippen LogP contribution in [0.15, 0.2) is 23.3 Å². The lowest BCUT2D eigenvalue weighted by Gasteiger charge is -2.08. The van der Waals surface area contributed by atoms with E-state index in [0.29, 0.717) is 0 Å². The first-order valence-corrected chi connectivity index (χ1v) is 11.0. The third-order valence-electron chi connectivity index (χ3n) is 4.92. The SMILES string of the molecule is CCCCCCCCCCCCCCC(O)/C=C(\C)CCC=C(C)C. The summed E-state index contributed by atoms with van der Waals surface area (Å²) in [5, 5.41) is 10.1. The second-order valence-corrected chi connectivity index (χ2v) is 8.08. The fraction of sp³-hybridized carbons (Fsp3) is 0.833. The van der Waals surface area contributed by atoms with Crippen molar-refractivity contribution in [2.24, 2.45) is 0 Å². The molecule has 0 aromatic rings. The van der Waals surface area contributed by atoms with Crippen LogP contribution in [0.4, 0.5) is 0 Å². The Bertz CT molecular complexity index is 336. The Hall–Kier alpha value is -0.560. The molecule has 0 spiro atoms. The lowest BCUT2D eigenvalue weighted by atomic mass is 10.0. The minimum atomic E-state index is -0.241. The van der Waals surface area contributed by atoms with Gasteiger partial charge in [0.2, 0.25) is 0 Å². The van der Waals surface area contributed by atoms with Crippen LogP contribution in [-0.2, 0) is 0 Å². The molecule has 0 fully saturated rings. The van der Waals surface area contributed by atoms with Gasteiger partial charge in [0.05, 0.1) is 6.10 Å². The predicted octanol–water partition coefficient (Wildman–Crippen LogP) is 8.13. The first kappa shape index (κ1) is 24.4. The van der Waals surface area contributed by atoms with Gasteiger partial charge in [-0.15, -0.1) is 0 Å². The maximum Gasteiger partial charge on any atom is 0.0723 e. The molecule has 25 heavy (non-hydrogen) atoms. The highest BCUT2D eigenvalue weighted by molar-refractivity contribution is 5.04. The van der Waals surface area contributed by atoms with Crippen molar-refractivity contribution in [3.63, 3.8) is 0 Å². The second kappa shape index (κ2) is 18.2. The lowest BCUT2D eigenvalue weighted by molar-refractivity contribution is 0.207. The molecule has 0 aliphatic carbocycles. The minimum absolute atomic E-state index is 0.241. The molecule has 1 heteroatoms. The van der Waals surface area contributed by atoms with Crippen LogP contribution >= 0.6 is 0 Å². The number of aliphatic hydroxyl groups is 1. The summed E-state index contributed by atoms with van der Waals surface area (Å²) in [6, 6.07) is 0. The maximum absolute atomic E-state index is 10.1. The van der Waals surface area contributed by atoms with Gasteiger partial charge in [0.15, 0.2) is 0 Å². The molecule has 0 amide bonds. The highest BCUT2D eigenvalue weighted by Gasteiger charge is 2.01. The van der Waals surface area contributed by atoms with Crippen LogP contribution in [0, 0.1) is 0 Å². The Morgan fingerprint density at radius 3 is 1.72 bits per heavy atom. The topological polar surface area (TPSA) is 20.2 Å². The third kappa shape index (κ3) is 19.6. The summed E-state index contributed by atoms with van der Waals surface area (Å²) in [4.78, 5) is 0. The average molecular weight is 351 g/mol. The first-order valence-electron chi connectivity index (χ1n) is 11.0. The van der Waals surface area contributed by atoms with E-state index in [9.17, 15) is 5.11 Å². The van der Waals surface area contributed by atoms with Crippen LogP contribution < -0.4 is 0 Å². The van der Waals surface area contributed by atoms with Crippen molar-refractivity contribution in [2.75, 3.05) is 0 Å². The van der Waals surface area contributed by atoms with Crippen LogP contribution in [0.25, 0.3) is 0 Å². The van der Waals surface area contributed by atoms with Gasteiger partial charge in [-0.3, -0.25) is 0 Å². The van der Waals surface area contributed by atoms with Gasteiger partial charge in [-0.05, 0) is 40.0 Å². The van der Waals surface area contributed by atoms with Crippen LogP contribution in [0.3, 0.4) is 0 Å². The van der Waals surface area contributed by atoms with E-state index in [4.69, 9.17) is 0 Å². The first-order chi connectivity index (χ1) is 12.1. The summed E-state index contributed by atoms with van der Waals surface area (Å²) in [5.74, 6) is 0. The minimum Gasteiger partial charge on any atom is -0.389 e. The maximum atomic E-state index is 10.1. The molecule has 0 heterocycles. The predicted molar refractivity (Wildman–Crippen MR) is 114 cm³/mol. The Morgan fingerprint density at radius 2 is 1.24 bits per heavy atom. The van der Waals surface area contributed by atoms with Crippen molar-refractivity contribution in [1.82, 2.24) is 0 Å². The van der Waals surface area contributed by atoms with E-state index in [1.807, 2.05) is 0 Å². The van der Waals surface area contributed by atoms with E-state index in [-0.39, 0.29) is 6.10 Å². The molecule has 1 atom stereocenters. The van der Waals surface area contributed by atoms with Crippen molar-refractivity contribution >= 4 is 0 Å². The van der Waals surface area contributed by atoms with Crippen LogP contribution in [0.2, 0.25) is 0 Å². The fourth-order valence-electron chi connectivity index (χ4n) is 3.28. The summed E-state index contributed by atoms with van der Waals surface area (Å²) >= 11 is 0. The number of unbranched alkanes of at least 4 members (excludes halogenated alkanes) is 11. The monoisotopic (exact) mass is 350 g/mol. The second-order valence-electron chi connectivity index (χ2n) is 8.08. The Labute approximate surface area is 159 Å². The molecule has 0 saturated heterocycles. The molecule has 1 nitrogen and oxygen atoms in total. The highest BCUT2D eigenvalue weighted by atomic mass is 16.3. The number of hydrogen-bond donors (Lipinski definition) is 1. The van der Waals surface area contributed by atoms with Crippen molar-refractivity contribution in [3.05, 3.63) is 23.3 Å². The van der Waals surface area contributed by atoms with E-state index in [1.165, 1.54) is 81.8 Å². The van der Waals surface area contributed by atoms with E-state index >= 15 is 0 Å². The van der Waals surface area contributed by atoms with Gasteiger partial charge < -0.3 is 5.11 Å². The van der Waals surface area contributed by atoms with Gasteiger partial charge in [0.1, 0.15) is 0 Å². The molecule has 0 radical (unpaired) electrons. The number of hydrogen-bond acceptors (Lipinski definition) is 1. The smallest absolute Gasteiger partial charge is 0.0723 e. The zero-order chi connectivity index (χ0) is 18.8. The lowest BCUT2D eigenvalue weighted by Crippen LogP contribution is -2.03. The van der Waals surface area contributed by atoms with E-state index in [1.54, 1.807) is 0 Å². The summed E-state index contributed by atoms with van der Waals surface area (Å²) in [5.41, 5.74) is 2.70. The summed E-state index contributed by atoms with van der Waals surface area (Å²) in [7, 11) is 0. The van der Waals surface area contributed by atoms with Crippen LogP contribution in [0.1, 0.15) is 124 Å². The van der Waals surface area contributed by atoms with Crippen molar-refractivity contribution in [2.45, 2.75) is 130 Å². The molecule has 148 valence electrons. The van der Waals surface area contributed by atoms with Gasteiger partial charge >= 0.3 is 0 Å². The van der Waals surface area contributed by atoms with E-state index in [2.05, 4.69) is 39.8 Å². The number of rotatable bonds is 17. The number of allylic oxidation sites excluding steroid dienone is 3. The molecule has 0 aliphatic rings. The standard InChI is InChI=1S/C24H46O/c1-5-6-7-8-9-10-11-12-13-14-15-16-20-24(25)21-23(4)19-17-18-22(2)3/h18,21,24-25H,5-17,19-20H2,1-4H3/b23-21+. The largest absolute Gasteiger partial charge is 0.389 e. The van der Waals surface area contributed by atoms with Gasteiger partial charge in [-0.2, -0.15) is 0 Å². The molecule has 0 bridgehead atoms. The normalized spacial score (nSPS) is 13.1. The Morgan fingerprint density at radius 1 is 0.760 bits per heavy atom. The molecule has 0 aliphatic heterocycles.